The maximum absolute atomic E-state index is 12.9. The Balaban J connectivity index is 2.44. The Hall–Kier alpha value is -2.99. The summed E-state index contributed by atoms with van der Waals surface area (Å²) >= 11 is 3.28. The van der Waals surface area contributed by atoms with Gasteiger partial charge in [-0.1, -0.05) is 15.9 Å². The van der Waals surface area contributed by atoms with Gasteiger partial charge in [0.15, 0.2) is 12.2 Å². The zero-order chi connectivity index (χ0) is 24.7. The first kappa shape index (κ1) is 26.3. The summed E-state index contributed by atoms with van der Waals surface area (Å²) in [6.07, 6.45) is -5.22. The summed E-state index contributed by atoms with van der Waals surface area (Å²) in [4.78, 5) is 59.5. The molecule has 12 heteroatoms. The minimum absolute atomic E-state index is 0.257. The molecule has 5 atom stereocenters. The second kappa shape index (κ2) is 11.8. The summed E-state index contributed by atoms with van der Waals surface area (Å²) < 4.78 is 27.3. The second-order valence-corrected chi connectivity index (χ2v) is 8.02. The molecule has 1 fully saturated rings. The fourth-order valence-corrected chi connectivity index (χ4v) is 3.42. The third kappa shape index (κ3) is 7.82. The number of ether oxygens (including phenoxy) is 5. The Morgan fingerprint density at radius 1 is 0.848 bits per heavy atom. The average molecular weight is 530 g/mol. The molecular formula is C21H24BrNO10. The van der Waals surface area contributed by atoms with Gasteiger partial charge >= 0.3 is 23.9 Å². The average Bonchev–Trinajstić information content (AvgIpc) is 2.70. The lowest BCUT2D eigenvalue weighted by molar-refractivity contribution is -0.270. The van der Waals surface area contributed by atoms with E-state index in [-0.39, 0.29) is 5.56 Å². The Morgan fingerprint density at radius 2 is 1.39 bits per heavy atom. The fraction of sp³-hybridized carbons (Fsp3) is 0.476. The summed E-state index contributed by atoms with van der Waals surface area (Å²) in [7, 11) is 0. The van der Waals surface area contributed by atoms with Crippen LogP contribution in [0.4, 0.5) is 0 Å². The van der Waals surface area contributed by atoms with Crippen LogP contribution in [0, 0.1) is 0 Å². The SMILES string of the molecule is CC(=O)OC[C@@H]1O[C@@H](OC(C)=O)[C@@H](NC(=O)c2ccc(Br)cc2)[C@@H](OC(C)=O)[C@@H]1OC(C)=O. The minimum atomic E-state index is -1.45. The molecule has 0 spiro atoms. The molecule has 1 aliphatic rings. The highest BCUT2D eigenvalue weighted by Crippen LogP contribution is 2.28. The first-order valence-corrected chi connectivity index (χ1v) is 10.6. The molecule has 0 aromatic heterocycles. The van der Waals surface area contributed by atoms with E-state index in [0.717, 1.165) is 32.2 Å². The van der Waals surface area contributed by atoms with Crippen LogP contribution >= 0.6 is 15.9 Å². The monoisotopic (exact) mass is 529 g/mol. The molecule has 2 rings (SSSR count). The zero-order valence-corrected chi connectivity index (χ0v) is 19.9. The van der Waals surface area contributed by atoms with Crippen molar-refractivity contribution < 1.29 is 47.7 Å². The van der Waals surface area contributed by atoms with Crippen LogP contribution in [0.2, 0.25) is 0 Å². The largest absolute Gasteiger partial charge is 0.463 e. The van der Waals surface area contributed by atoms with Crippen LogP contribution in [-0.2, 0) is 42.9 Å². The van der Waals surface area contributed by atoms with Gasteiger partial charge < -0.3 is 29.0 Å². The quantitative estimate of drug-likeness (QED) is 0.404. The third-order valence-electron chi connectivity index (χ3n) is 4.39. The van der Waals surface area contributed by atoms with E-state index < -0.39 is 67.0 Å². The minimum Gasteiger partial charge on any atom is -0.463 e. The Kier molecular flexibility index (Phi) is 9.35. The molecular weight excluding hydrogens is 506 g/mol. The standard InChI is InChI=1S/C21H24BrNO10/c1-10(24)29-9-16-18(30-11(2)25)19(31-12(3)26)17(21(33-16)32-13(4)27)23-20(28)14-5-7-15(22)8-6-14/h5-8,16-19,21H,9H2,1-4H3,(H,23,28)/t16-,17-,18+,19+,21+/m0/s1. The van der Waals surface area contributed by atoms with Gasteiger partial charge in [0.25, 0.3) is 5.91 Å². The van der Waals surface area contributed by atoms with E-state index in [0.29, 0.717) is 0 Å². The first-order chi connectivity index (χ1) is 15.5. The number of hydrogen-bond acceptors (Lipinski definition) is 10. The highest BCUT2D eigenvalue weighted by Gasteiger charge is 2.52. The molecule has 1 N–H and O–H groups in total. The van der Waals surface area contributed by atoms with Crippen molar-refractivity contribution in [1.82, 2.24) is 5.32 Å². The van der Waals surface area contributed by atoms with E-state index in [1.54, 1.807) is 12.1 Å². The van der Waals surface area contributed by atoms with Gasteiger partial charge in [0.2, 0.25) is 6.29 Å². The van der Waals surface area contributed by atoms with Crippen molar-refractivity contribution in [2.75, 3.05) is 6.61 Å². The van der Waals surface area contributed by atoms with Gasteiger partial charge in [-0.15, -0.1) is 0 Å². The van der Waals surface area contributed by atoms with Crippen molar-refractivity contribution in [3.63, 3.8) is 0 Å². The number of benzene rings is 1. The number of carbonyl (C=O) groups excluding carboxylic acids is 5. The number of esters is 4. The van der Waals surface area contributed by atoms with Gasteiger partial charge in [-0.3, -0.25) is 24.0 Å². The van der Waals surface area contributed by atoms with Crippen LogP contribution < -0.4 is 5.32 Å². The zero-order valence-electron chi connectivity index (χ0n) is 18.4. The Labute approximate surface area is 198 Å². The molecule has 1 heterocycles. The van der Waals surface area contributed by atoms with Gasteiger partial charge in [0.1, 0.15) is 18.8 Å². The van der Waals surface area contributed by atoms with Crippen LogP contribution in [0.3, 0.4) is 0 Å². The summed E-state index contributed by atoms with van der Waals surface area (Å²) in [6, 6.07) is 5.12. The molecule has 0 unspecified atom stereocenters. The molecule has 11 nitrogen and oxygen atoms in total. The molecule has 0 radical (unpaired) electrons. The van der Waals surface area contributed by atoms with Crippen LogP contribution in [-0.4, -0.2) is 67.0 Å². The van der Waals surface area contributed by atoms with Crippen molar-refractivity contribution in [3.8, 4) is 0 Å². The van der Waals surface area contributed by atoms with Gasteiger partial charge in [-0.2, -0.15) is 0 Å². The number of nitrogens with one attached hydrogen (secondary N) is 1. The maximum atomic E-state index is 12.9. The van der Waals surface area contributed by atoms with Crippen LogP contribution in [0.25, 0.3) is 0 Å². The summed E-state index contributed by atoms with van der Waals surface area (Å²) in [5.41, 5.74) is 0.257. The normalized spacial score (nSPS) is 24.2. The van der Waals surface area contributed by atoms with E-state index in [1.807, 2.05) is 0 Å². The van der Waals surface area contributed by atoms with Gasteiger partial charge in [-0.05, 0) is 24.3 Å². The topological polar surface area (TPSA) is 144 Å². The third-order valence-corrected chi connectivity index (χ3v) is 4.92. The predicted molar refractivity (Wildman–Crippen MR) is 114 cm³/mol. The van der Waals surface area contributed by atoms with Crippen molar-refractivity contribution in [1.29, 1.82) is 0 Å². The Bertz CT molecular complexity index is 903. The Morgan fingerprint density at radius 3 is 1.91 bits per heavy atom. The van der Waals surface area contributed by atoms with E-state index >= 15 is 0 Å². The van der Waals surface area contributed by atoms with E-state index in [4.69, 9.17) is 23.7 Å². The molecule has 0 aliphatic carbocycles. The molecule has 1 aliphatic heterocycles. The van der Waals surface area contributed by atoms with Crippen molar-refractivity contribution >= 4 is 45.7 Å². The second-order valence-electron chi connectivity index (χ2n) is 7.11. The van der Waals surface area contributed by atoms with E-state index in [1.165, 1.54) is 12.1 Å². The van der Waals surface area contributed by atoms with Crippen molar-refractivity contribution in [3.05, 3.63) is 34.3 Å². The van der Waals surface area contributed by atoms with Crippen molar-refractivity contribution in [2.45, 2.75) is 58.3 Å². The predicted octanol–water partition coefficient (Wildman–Crippen LogP) is 1.26. The molecule has 33 heavy (non-hydrogen) atoms. The van der Waals surface area contributed by atoms with Gasteiger partial charge in [0.05, 0.1) is 0 Å². The maximum Gasteiger partial charge on any atom is 0.305 e. The number of amides is 1. The highest BCUT2D eigenvalue weighted by atomic mass is 79.9. The van der Waals surface area contributed by atoms with E-state index in [2.05, 4.69) is 21.2 Å². The number of hydrogen-bond donors (Lipinski definition) is 1. The number of rotatable bonds is 7. The molecule has 1 amide bonds. The molecule has 1 saturated heterocycles. The summed E-state index contributed by atoms with van der Waals surface area (Å²) in [5, 5.41) is 2.62. The number of carbonyl (C=O) groups is 5. The molecule has 1 aromatic carbocycles. The van der Waals surface area contributed by atoms with Gasteiger partial charge in [-0.25, -0.2) is 0 Å². The van der Waals surface area contributed by atoms with Crippen LogP contribution in [0.15, 0.2) is 28.7 Å². The summed E-state index contributed by atoms with van der Waals surface area (Å²) in [5.74, 6) is -3.47. The first-order valence-electron chi connectivity index (χ1n) is 9.84. The smallest absolute Gasteiger partial charge is 0.305 e. The lowest BCUT2D eigenvalue weighted by Gasteiger charge is -2.44. The lowest BCUT2D eigenvalue weighted by atomic mass is 9.95. The highest BCUT2D eigenvalue weighted by molar-refractivity contribution is 9.10. The summed E-state index contributed by atoms with van der Waals surface area (Å²) in [6.45, 7) is 4.14. The van der Waals surface area contributed by atoms with Crippen molar-refractivity contribution in [2.24, 2.45) is 0 Å². The van der Waals surface area contributed by atoms with E-state index in [9.17, 15) is 24.0 Å². The lowest BCUT2D eigenvalue weighted by Crippen LogP contribution is -2.67. The molecule has 1 aromatic rings. The molecule has 0 bridgehead atoms. The van der Waals surface area contributed by atoms with Crippen LogP contribution in [0.1, 0.15) is 38.1 Å². The van der Waals surface area contributed by atoms with Crippen LogP contribution in [0.5, 0.6) is 0 Å². The molecule has 180 valence electrons. The molecule has 0 saturated carbocycles. The fourth-order valence-electron chi connectivity index (χ4n) is 3.16. The van der Waals surface area contributed by atoms with Gasteiger partial charge in [0, 0.05) is 37.7 Å². The number of halogens is 1.